The molecule has 0 amide bonds. The SMILES string of the molecule is C=C(C)CSc1ccc(C(=O)O)cc1. The molecule has 1 N–H and O–H groups in total. The van der Waals surface area contributed by atoms with Crippen LogP contribution in [0, 0.1) is 0 Å². The predicted molar refractivity (Wildman–Crippen MR) is 58.9 cm³/mol. The molecule has 0 aliphatic heterocycles. The lowest BCUT2D eigenvalue weighted by Gasteiger charge is -2.01. The van der Waals surface area contributed by atoms with Crippen LogP contribution in [-0.4, -0.2) is 16.8 Å². The van der Waals surface area contributed by atoms with Crippen LogP contribution in [0.15, 0.2) is 41.3 Å². The first-order valence-electron chi connectivity index (χ1n) is 4.20. The molecule has 0 radical (unpaired) electrons. The van der Waals surface area contributed by atoms with E-state index in [1.54, 1.807) is 23.9 Å². The summed E-state index contributed by atoms with van der Waals surface area (Å²) >= 11 is 1.66. The van der Waals surface area contributed by atoms with Gasteiger partial charge >= 0.3 is 5.97 Å². The molecule has 0 saturated heterocycles. The van der Waals surface area contributed by atoms with Gasteiger partial charge in [0.25, 0.3) is 0 Å². The Labute approximate surface area is 87.6 Å². The first-order valence-corrected chi connectivity index (χ1v) is 5.18. The number of benzene rings is 1. The second-order valence-corrected chi connectivity index (χ2v) is 4.12. The Hall–Kier alpha value is -1.22. The maximum atomic E-state index is 10.6. The normalized spacial score (nSPS) is 9.79. The third-order valence-electron chi connectivity index (χ3n) is 1.59. The van der Waals surface area contributed by atoms with Crippen molar-refractivity contribution in [1.82, 2.24) is 0 Å². The van der Waals surface area contributed by atoms with E-state index in [0.717, 1.165) is 16.2 Å². The molecule has 1 aromatic carbocycles. The van der Waals surface area contributed by atoms with Gasteiger partial charge in [-0.2, -0.15) is 0 Å². The summed E-state index contributed by atoms with van der Waals surface area (Å²) in [5.41, 5.74) is 1.43. The minimum atomic E-state index is -0.888. The molecule has 1 aromatic rings. The van der Waals surface area contributed by atoms with Crippen LogP contribution in [0.4, 0.5) is 0 Å². The lowest BCUT2D eigenvalue weighted by molar-refractivity contribution is 0.0697. The molecule has 0 heterocycles. The summed E-state index contributed by atoms with van der Waals surface area (Å²) in [5.74, 6) is -0.0201. The smallest absolute Gasteiger partial charge is 0.335 e. The lowest BCUT2D eigenvalue weighted by atomic mass is 10.2. The molecular formula is C11H12O2S. The second kappa shape index (κ2) is 4.86. The highest BCUT2D eigenvalue weighted by atomic mass is 32.2. The van der Waals surface area contributed by atoms with Crippen LogP contribution < -0.4 is 0 Å². The van der Waals surface area contributed by atoms with E-state index in [0.29, 0.717) is 5.56 Å². The summed E-state index contributed by atoms with van der Waals surface area (Å²) in [6.45, 7) is 5.77. The Balaban J connectivity index is 2.64. The number of carbonyl (C=O) groups is 1. The molecule has 0 aliphatic carbocycles. The number of carboxylic acids is 1. The molecule has 1 rings (SSSR count). The van der Waals surface area contributed by atoms with Crippen molar-refractivity contribution in [3.63, 3.8) is 0 Å². The maximum Gasteiger partial charge on any atom is 0.335 e. The van der Waals surface area contributed by atoms with Gasteiger partial charge in [0.05, 0.1) is 5.56 Å². The summed E-state index contributed by atoms with van der Waals surface area (Å²) in [6, 6.07) is 6.86. The Kier molecular flexibility index (Phi) is 3.77. The molecule has 0 aliphatic rings. The van der Waals surface area contributed by atoms with Crippen molar-refractivity contribution in [3.05, 3.63) is 42.0 Å². The largest absolute Gasteiger partial charge is 0.478 e. The Morgan fingerprint density at radius 3 is 2.43 bits per heavy atom. The average molecular weight is 208 g/mol. The number of aromatic carboxylic acids is 1. The van der Waals surface area contributed by atoms with E-state index < -0.39 is 5.97 Å². The van der Waals surface area contributed by atoms with Crippen molar-refractivity contribution in [2.24, 2.45) is 0 Å². The topological polar surface area (TPSA) is 37.3 Å². The van der Waals surface area contributed by atoms with Crippen molar-refractivity contribution in [2.45, 2.75) is 11.8 Å². The number of thioether (sulfide) groups is 1. The van der Waals surface area contributed by atoms with Crippen LogP contribution in [0.1, 0.15) is 17.3 Å². The van der Waals surface area contributed by atoms with Gasteiger partial charge in [0.1, 0.15) is 0 Å². The summed E-state index contributed by atoms with van der Waals surface area (Å²) < 4.78 is 0. The van der Waals surface area contributed by atoms with Crippen molar-refractivity contribution in [1.29, 1.82) is 0 Å². The van der Waals surface area contributed by atoms with E-state index in [1.165, 1.54) is 0 Å². The van der Waals surface area contributed by atoms with E-state index in [2.05, 4.69) is 6.58 Å². The first-order chi connectivity index (χ1) is 6.59. The Morgan fingerprint density at radius 2 is 2.00 bits per heavy atom. The second-order valence-electron chi connectivity index (χ2n) is 3.08. The molecule has 0 fully saturated rings. The molecule has 74 valence electrons. The zero-order chi connectivity index (χ0) is 10.6. The molecule has 0 aromatic heterocycles. The molecule has 3 heteroatoms. The van der Waals surface area contributed by atoms with E-state index in [-0.39, 0.29) is 0 Å². The Morgan fingerprint density at radius 1 is 1.43 bits per heavy atom. The van der Waals surface area contributed by atoms with Crippen LogP contribution in [0.5, 0.6) is 0 Å². The molecule has 0 bridgehead atoms. The van der Waals surface area contributed by atoms with Crippen molar-refractivity contribution in [3.8, 4) is 0 Å². The van der Waals surface area contributed by atoms with Gasteiger partial charge < -0.3 is 5.11 Å². The van der Waals surface area contributed by atoms with E-state index in [4.69, 9.17) is 5.11 Å². The van der Waals surface area contributed by atoms with Gasteiger partial charge in [0, 0.05) is 10.6 Å². The summed E-state index contributed by atoms with van der Waals surface area (Å²) in [6.07, 6.45) is 0. The molecule has 0 atom stereocenters. The number of rotatable bonds is 4. The zero-order valence-electron chi connectivity index (χ0n) is 7.99. The Bertz CT molecular complexity index is 341. The van der Waals surface area contributed by atoms with Crippen LogP contribution in [-0.2, 0) is 0 Å². The zero-order valence-corrected chi connectivity index (χ0v) is 8.80. The number of hydrogen-bond donors (Lipinski definition) is 1. The van der Waals surface area contributed by atoms with Gasteiger partial charge in [-0.25, -0.2) is 4.79 Å². The summed E-state index contributed by atoms with van der Waals surface area (Å²) in [4.78, 5) is 11.6. The van der Waals surface area contributed by atoms with Crippen LogP contribution in [0.2, 0.25) is 0 Å². The monoisotopic (exact) mass is 208 g/mol. The van der Waals surface area contributed by atoms with Crippen LogP contribution in [0.25, 0.3) is 0 Å². The van der Waals surface area contributed by atoms with Gasteiger partial charge in [-0.05, 0) is 31.2 Å². The quantitative estimate of drug-likeness (QED) is 0.610. The molecule has 0 saturated carbocycles. The molecule has 0 unspecified atom stereocenters. The molecule has 0 spiro atoms. The van der Waals surface area contributed by atoms with Gasteiger partial charge in [-0.15, -0.1) is 11.8 Å². The molecule has 14 heavy (non-hydrogen) atoms. The fourth-order valence-electron chi connectivity index (χ4n) is 0.900. The fourth-order valence-corrected chi connectivity index (χ4v) is 1.64. The number of carboxylic acid groups (broad SMARTS) is 1. The van der Waals surface area contributed by atoms with Crippen LogP contribution >= 0.6 is 11.8 Å². The summed E-state index contributed by atoms with van der Waals surface area (Å²) in [7, 11) is 0. The minimum Gasteiger partial charge on any atom is -0.478 e. The van der Waals surface area contributed by atoms with Crippen molar-refractivity contribution >= 4 is 17.7 Å². The fraction of sp³-hybridized carbons (Fsp3) is 0.182. The van der Waals surface area contributed by atoms with Crippen molar-refractivity contribution in [2.75, 3.05) is 5.75 Å². The highest BCUT2D eigenvalue weighted by Crippen LogP contribution is 2.20. The van der Waals surface area contributed by atoms with Crippen LogP contribution in [0.3, 0.4) is 0 Å². The maximum absolute atomic E-state index is 10.6. The van der Waals surface area contributed by atoms with E-state index >= 15 is 0 Å². The standard InChI is InChI=1S/C11H12O2S/c1-8(2)7-14-10-5-3-9(4-6-10)11(12)13/h3-6H,1,7H2,2H3,(H,12,13). The van der Waals surface area contributed by atoms with Gasteiger partial charge in [0.15, 0.2) is 0 Å². The molecular weight excluding hydrogens is 196 g/mol. The highest BCUT2D eigenvalue weighted by Gasteiger charge is 2.01. The number of hydrogen-bond acceptors (Lipinski definition) is 2. The van der Waals surface area contributed by atoms with Gasteiger partial charge in [-0.3, -0.25) is 0 Å². The van der Waals surface area contributed by atoms with Gasteiger partial charge in [-0.1, -0.05) is 12.2 Å². The summed E-state index contributed by atoms with van der Waals surface area (Å²) in [5, 5.41) is 8.67. The third kappa shape index (κ3) is 3.26. The average Bonchev–Trinajstić information content (AvgIpc) is 2.15. The first kappa shape index (κ1) is 10.9. The highest BCUT2D eigenvalue weighted by molar-refractivity contribution is 7.99. The lowest BCUT2D eigenvalue weighted by Crippen LogP contribution is -1.94. The minimum absolute atomic E-state index is 0.324. The van der Waals surface area contributed by atoms with E-state index in [9.17, 15) is 4.79 Å². The third-order valence-corrected chi connectivity index (χ3v) is 2.83. The van der Waals surface area contributed by atoms with E-state index in [1.807, 2.05) is 19.1 Å². The predicted octanol–water partition coefficient (Wildman–Crippen LogP) is 3.05. The molecule has 2 nitrogen and oxygen atoms in total. The van der Waals surface area contributed by atoms with Crippen molar-refractivity contribution < 1.29 is 9.90 Å². The van der Waals surface area contributed by atoms with Gasteiger partial charge in [0.2, 0.25) is 0 Å².